The zero-order valence-electron chi connectivity index (χ0n) is 12.7. The molecule has 8 heteroatoms. The number of esters is 2. The topological polar surface area (TPSA) is 102 Å². The number of amides is 3. The van der Waals surface area contributed by atoms with Crippen LogP contribution >= 0.6 is 0 Å². The molecule has 1 heterocycles. The van der Waals surface area contributed by atoms with Crippen molar-refractivity contribution < 1.29 is 28.7 Å². The highest BCUT2D eigenvalue weighted by Gasteiger charge is 2.55. The SMILES string of the molecule is COC(=O)COC(=O)CN1C(=O)NC2(CCCCC2C)C1=O. The molecule has 0 radical (unpaired) electrons. The van der Waals surface area contributed by atoms with E-state index in [1.54, 1.807) is 0 Å². The maximum atomic E-state index is 12.6. The Bertz CT molecular complexity index is 506. The van der Waals surface area contributed by atoms with Crippen molar-refractivity contribution in [3.8, 4) is 0 Å². The second-order valence-corrected chi connectivity index (χ2v) is 5.68. The van der Waals surface area contributed by atoms with Crippen molar-refractivity contribution in [2.45, 2.75) is 38.1 Å². The van der Waals surface area contributed by atoms with Gasteiger partial charge in [-0.25, -0.2) is 9.59 Å². The molecule has 1 aliphatic heterocycles. The summed E-state index contributed by atoms with van der Waals surface area (Å²) in [7, 11) is 1.17. The van der Waals surface area contributed by atoms with E-state index in [9.17, 15) is 19.2 Å². The van der Waals surface area contributed by atoms with E-state index in [2.05, 4.69) is 14.8 Å². The molecular formula is C14H20N2O6. The summed E-state index contributed by atoms with van der Waals surface area (Å²) >= 11 is 0. The summed E-state index contributed by atoms with van der Waals surface area (Å²) in [6.07, 6.45) is 3.31. The zero-order chi connectivity index (χ0) is 16.3. The molecule has 0 bridgehead atoms. The molecule has 2 aliphatic rings. The molecule has 1 N–H and O–H groups in total. The minimum Gasteiger partial charge on any atom is -0.466 e. The fourth-order valence-corrected chi connectivity index (χ4v) is 3.01. The first-order chi connectivity index (χ1) is 10.4. The van der Waals surface area contributed by atoms with E-state index in [0.717, 1.165) is 24.2 Å². The summed E-state index contributed by atoms with van der Waals surface area (Å²) in [6.45, 7) is 0.882. The summed E-state index contributed by atoms with van der Waals surface area (Å²) < 4.78 is 9.01. The summed E-state index contributed by atoms with van der Waals surface area (Å²) in [4.78, 5) is 48.0. The lowest BCUT2D eigenvalue weighted by Gasteiger charge is -2.36. The molecule has 2 rings (SSSR count). The summed E-state index contributed by atoms with van der Waals surface area (Å²) in [5.74, 6) is -1.90. The van der Waals surface area contributed by atoms with Crippen molar-refractivity contribution in [2.75, 3.05) is 20.3 Å². The van der Waals surface area contributed by atoms with Crippen LogP contribution in [0.5, 0.6) is 0 Å². The van der Waals surface area contributed by atoms with E-state index < -0.39 is 36.7 Å². The Morgan fingerprint density at radius 3 is 2.68 bits per heavy atom. The van der Waals surface area contributed by atoms with Crippen LogP contribution in [0.2, 0.25) is 0 Å². The van der Waals surface area contributed by atoms with Gasteiger partial charge in [-0.15, -0.1) is 0 Å². The lowest BCUT2D eigenvalue weighted by molar-refractivity contribution is -0.158. The van der Waals surface area contributed by atoms with Gasteiger partial charge in [0.25, 0.3) is 5.91 Å². The number of carbonyl (C=O) groups excluding carboxylic acids is 4. The van der Waals surface area contributed by atoms with E-state index >= 15 is 0 Å². The molecule has 3 amide bonds. The van der Waals surface area contributed by atoms with Crippen molar-refractivity contribution in [2.24, 2.45) is 5.92 Å². The van der Waals surface area contributed by atoms with Gasteiger partial charge in [0.1, 0.15) is 12.1 Å². The highest BCUT2D eigenvalue weighted by molar-refractivity contribution is 6.09. The Morgan fingerprint density at radius 1 is 1.32 bits per heavy atom. The maximum absolute atomic E-state index is 12.6. The number of nitrogens with one attached hydrogen (secondary N) is 1. The van der Waals surface area contributed by atoms with Gasteiger partial charge in [0.2, 0.25) is 0 Å². The van der Waals surface area contributed by atoms with Gasteiger partial charge < -0.3 is 14.8 Å². The van der Waals surface area contributed by atoms with Gasteiger partial charge in [-0.3, -0.25) is 14.5 Å². The first-order valence-corrected chi connectivity index (χ1v) is 7.27. The lowest BCUT2D eigenvalue weighted by Crippen LogP contribution is -2.54. The molecule has 1 aliphatic carbocycles. The lowest BCUT2D eigenvalue weighted by atomic mass is 9.73. The Hall–Kier alpha value is -2.12. The Labute approximate surface area is 128 Å². The van der Waals surface area contributed by atoms with Gasteiger partial charge >= 0.3 is 18.0 Å². The zero-order valence-corrected chi connectivity index (χ0v) is 12.7. The number of rotatable bonds is 4. The Morgan fingerprint density at radius 2 is 2.05 bits per heavy atom. The average Bonchev–Trinajstić information content (AvgIpc) is 2.73. The maximum Gasteiger partial charge on any atom is 0.344 e. The molecule has 0 aromatic heterocycles. The van der Waals surface area contributed by atoms with Gasteiger partial charge in [-0.1, -0.05) is 19.8 Å². The van der Waals surface area contributed by atoms with Gasteiger partial charge in [0, 0.05) is 0 Å². The number of urea groups is 1. The molecular weight excluding hydrogens is 292 g/mol. The van der Waals surface area contributed by atoms with Crippen LogP contribution in [0.15, 0.2) is 0 Å². The molecule has 0 aromatic carbocycles. The van der Waals surface area contributed by atoms with Crippen molar-refractivity contribution in [3.63, 3.8) is 0 Å². The van der Waals surface area contributed by atoms with Gasteiger partial charge in [-0.05, 0) is 18.8 Å². The van der Waals surface area contributed by atoms with Gasteiger partial charge in [-0.2, -0.15) is 0 Å². The van der Waals surface area contributed by atoms with E-state index in [1.807, 2.05) is 6.92 Å². The molecule has 0 aromatic rings. The van der Waals surface area contributed by atoms with E-state index in [-0.39, 0.29) is 11.8 Å². The van der Waals surface area contributed by atoms with Crippen LogP contribution in [0.1, 0.15) is 32.6 Å². The third-order valence-corrected chi connectivity index (χ3v) is 4.37. The normalized spacial score (nSPS) is 27.7. The first kappa shape index (κ1) is 16.3. The predicted molar refractivity (Wildman–Crippen MR) is 73.6 cm³/mol. The summed E-state index contributed by atoms with van der Waals surface area (Å²) in [5, 5.41) is 2.74. The van der Waals surface area contributed by atoms with Crippen LogP contribution in [-0.2, 0) is 23.9 Å². The molecule has 8 nitrogen and oxygen atoms in total. The summed E-state index contributed by atoms with van der Waals surface area (Å²) in [5.41, 5.74) is -0.905. The number of hydrogen-bond donors (Lipinski definition) is 1. The van der Waals surface area contributed by atoms with Crippen LogP contribution < -0.4 is 5.32 Å². The van der Waals surface area contributed by atoms with Crippen LogP contribution in [-0.4, -0.2) is 54.6 Å². The second kappa shape index (κ2) is 6.33. The van der Waals surface area contributed by atoms with E-state index in [0.29, 0.717) is 6.42 Å². The molecule has 1 saturated heterocycles. The van der Waals surface area contributed by atoms with Crippen molar-refractivity contribution in [1.82, 2.24) is 10.2 Å². The third kappa shape index (κ3) is 2.90. The summed E-state index contributed by atoms with van der Waals surface area (Å²) in [6, 6.07) is -0.589. The van der Waals surface area contributed by atoms with Crippen molar-refractivity contribution >= 4 is 23.9 Å². The number of ether oxygens (including phenoxy) is 2. The number of carbonyl (C=O) groups is 4. The van der Waals surface area contributed by atoms with E-state index in [4.69, 9.17) is 0 Å². The highest BCUT2D eigenvalue weighted by Crippen LogP contribution is 2.38. The van der Waals surface area contributed by atoms with Crippen molar-refractivity contribution in [3.05, 3.63) is 0 Å². The molecule has 1 saturated carbocycles. The standard InChI is InChI=1S/C14H20N2O6/c1-9-5-3-4-6-14(9)12(19)16(13(20)15-14)7-10(17)22-8-11(18)21-2/h9H,3-8H2,1-2H3,(H,15,20). The monoisotopic (exact) mass is 312 g/mol. The minimum absolute atomic E-state index is 0.0220. The van der Waals surface area contributed by atoms with Crippen LogP contribution in [0.3, 0.4) is 0 Å². The van der Waals surface area contributed by atoms with E-state index in [1.165, 1.54) is 7.11 Å². The van der Waals surface area contributed by atoms with Crippen LogP contribution in [0, 0.1) is 5.92 Å². The minimum atomic E-state index is -0.905. The second-order valence-electron chi connectivity index (χ2n) is 5.68. The number of methoxy groups -OCH3 is 1. The van der Waals surface area contributed by atoms with Gasteiger partial charge in [0.05, 0.1) is 7.11 Å². The molecule has 2 fully saturated rings. The highest BCUT2D eigenvalue weighted by atomic mass is 16.6. The largest absolute Gasteiger partial charge is 0.466 e. The Kier molecular flexibility index (Phi) is 4.68. The molecule has 2 atom stereocenters. The third-order valence-electron chi connectivity index (χ3n) is 4.37. The predicted octanol–water partition coefficient (Wildman–Crippen LogP) is 0.203. The van der Waals surface area contributed by atoms with Crippen LogP contribution in [0.25, 0.3) is 0 Å². The molecule has 22 heavy (non-hydrogen) atoms. The average molecular weight is 312 g/mol. The first-order valence-electron chi connectivity index (χ1n) is 7.27. The quantitative estimate of drug-likeness (QED) is 0.588. The molecule has 1 spiro atoms. The number of imide groups is 1. The van der Waals surface area contributed by atoms with Gasteiger partial charge in [0.15, 0.2) is 6.61 Å². The Balaban J connectivity index is 2.00. The molecule has 2 unspecified atom stereocenters. The smallest absolute Gasteiger partial charge is 0.344 e. The fourth-order valence-electron chi connectivity index (χ4n) is 3.01. The number of nitrogens with zero attached hydrogens (tertiary/aromatic N) is 1. The number of hydrogen-bond acceptors (Lipinski definition) is 6. The molecule has 122 valence electrons. The van der Waals surface area contributed by atoms with Crippen molar-refractivity contribution in [1.29, 1.82) is 0 Å². The van der Waals surface area contributed by atoms with Crippen LogP contribution in [0.4, 0.5) is 4.79 Å². The fraction of sp³-hybridized carbons (Fsp3) is 0.714.